The lowest BCUT2D eigenvalue weighted by Crippen LogP contribution is -2.51. The second-order valence-corrected chi connectivity index (χ2v) is 9.54. The molecule has 0 bridgehead atoms. The van der Waals surface area contributed by atoms with Crippen molar-refractivity contribution in [3.8, 4) is 5.75 Å². The molecule has 30 heavy (non-hydrogen) atoms. The molecule has 1 amide bonds. The standard InChI is InChI=1S/C22H29N3O4S/c1-18(2)29-21-11-9-20(10-12-21)25(30(3,27)28)17-22(26)24-15-13-23(14-16-24)19-7-5-4-6-8-19/h4-12,18H,13-17H2,1-3H3. The summed E-state index contributed by atoms with van der Waals surface area (Å²) in [6.07, 6.45) is 1.14. The summed E-state index contributed by atoms with van der Waals surface area (Å²) in [6, 6.07) is 16.8. The normalized spacial score (nSPS) is 14.7. The molecule has 1 fully saturated rings. The Bertz CT molecular complexity index is 938. The van der Waals surface area contributed by atoms with Gasteiger partial charge in [-0.2, -0.15) is 0 Å². The van der Waals surface area contributed by atoms with Gasteiger partial charge in [0.1, 0.15) is 12.3 Å². The molecule has 1 heterocycles. The molecule has 0 spiro atoms. The number of sulfonamides is 1. The number of nitrogens with zero attached hydrogens (tertiary/aromatic N) is 3. The minimum absolute atomic E-state index is 0.0259. The lowest BCUT2D eigenvalue weighted by atomic mass is 10.2. The summed E-state index contributed by atoms with van der Waals surface area (Å²) in [7, 11) is -3.61. The highest BCUT2D eigenvalue weighted by Gasteiger charge is 2.26. The van der Waals surface area contributed by atoms with Crippen molar-refractivity contribution in [2.75, 3.05) is 48.2 Å². The van der Waals surface area contributed by atoms with Crippen molar-refractivity contribution in [3.63, 3.8) is 0 Å². The first kappa shape index (κ1) is 22.0. The molecule has 0 radical (unpaired) electrons. The van der Waals surface area contributed by atoms with Gasteiger partial charge in [0.05, 0.1) is 18.0 Å². The molecule has 2 aromatic rings. The van der Waals surface area contributed by atoms with Crippen LogP contribution in [0.3, 0.4) is 0 Å². The van der Waals surface area contributed by atoms with Gasteiger partial charge in [0.2, 0.25) is 15.9 Å². The SMILES string of the molecule is CC(C)Oc1ccc(N(CC(=O)N2CCN(c3ccccc3)CC2)S(C)(=O)=O)cc1. The highest BCUT2D eigenvalue weighted by atomic mass is 32.2. The van der Waals surface area contributed by atoms with E-state index in [0.717, 1.165) is 29.3 Å². The van der Waals surface area contributed by atoms with Gasteiger partial charge in [0.15, 0.2) is 0 Å². The fraction of sp³-hybridized carbons (Fsp3) is 0.409. The van der Waals surface area contributed by atoms with Gasteiger partial charge in [0.25, 0.3) is 0 Å². The Morgan fingerprint density at radius 3 is 2.13 bits per heavy atom. The number of hydrogen-bond acceptors (Lipinski definition) is 5. The maximum atomic E-state index is 12.9. The van der Waals surface area contributed by atoms with Gasteiger partial charge < -0.3 is 14.5 Å². The van der Waals surface area contributed by atoms with E-state index in [0.29, 0.717) is 24.5 Å². The predicted octanol–water partition coefficient (Wildman–Crippen LogP) is 2.59. The summed E-state index contributed by atoms with van der Waals surface area (Å²) in [4.78, 5) is 16.8. The number of piperazine rings is 1. The molecule has 0 aliphatic carbocycles. The molecule has 0 aromatic heterocycles. The third kappa shape index (κ3) is 5.66. The number of benzene rings is 2. The number of para-hydroxylation sites is 1. The molecule has 0 N–H and O–H groups in total. The quantitative estimate of drug-likeness (QED) is 0.674. The van der Waals surface area contributed by atoms with Crippen molar-refractivity contribution in [1.82, 2.24) is 4.90 Å². The summed E-state index contributed by atoms with van der Waals surface area (Å²) in [5.41, 5.74) is 1.58. The summed E-state index contributed by atoms with van der Waals surface area (Å²) >= 11 is 0. The Balaban J connectivity index is 1.65. The van der Waals surface area contributed by atoms with Crippen LogP contribution in [0, 0.1) is 0 Å². The molecule has 8 heteroatoms. The fourth-order valence-corrected chi connectivity index (χ4v) is 4.29. The van der Waals surface area contributed by atoms with Gasteiger partial charge in [-0.3, -0.25) is 9.10 Å². The van der Waals surface area contributed by atoms with E-state index in [1.165, 1.54) is 0 Å². The maximum Gasteiger partial charge on any atom is 0.243 e. The molecule has 2 aromatic carbocycles. The van der Waals surface area contributed by atoms with E-state index in [1.807, 2.05) is 32.0 Å². The van der Waals surface area contributed by atoms with E-state index in [9.17, 15) is 13.2 Å². The van der Waals surface area contributed by atoms with Crippen molar-refractivity contribution in [2.45, 2.75) is 20.0 Å². The first-order valence-electron chi connectivity index (χ1n) is 10.1. The minimum atomic E-state index is -3.61. The number of amides is 1. The number of rotatable bonds is 7. The molecule has 0 atom stereocenters. The van der Waals surface area contributed by atoms with Crippen LogP contribution >= 0.6 is 0 Å². The first-order valence-corrected chi connectivity index (χ1v) is 11.9. The van der Waals surface area contributed by atoms with Crippen molar-refractivity contribution in [3.05, 3.63) is 54.6 Å². The summed E-state index contributed by atoms with van der Waals surface area (Å²) in [5.74, 6) is 0.459. The van der Waals surface area contributed by atoms with Crippen LogP contribution in [0.25, 0.3) is 0 Å². The predicted molar refractivity (Wildman–Crippen MR) is 120 cm³/mol. The van der Waals surface area contributed by atoms with Crippen molar-refractivity contribution in [2.24, 2.45) is 0 Å². The van der Waals surface area contributed by atoms with Gasteiger partial charge in [-0.15, -0.1) is 0 Å². The van der Waals surface area contributed by atoms with E-state index < -0.39 is 10.0 Å². The summed E-state index contributed by atoms with van der Waals surface area (Å²) < 4.78 is 31.5. The number of carbonyl (C=O) groups is 1. The Morgan fingerprint density at radius 1 is 1.00 bits per heavy atom. The number of ether oxygens (including phenoxy) is 1. The smallest absolute Gasteiger partial charge is 0.243 e. The van der Waals surface area contributed by atoms with Crippen molar-refractivity contribution >= 4 is 27.3 Å². The second-order valence-electron chi connectivity index (χ2n) is 7.63. The van der Waals surface area contributed by atoms with Crippen LogP contribution in [0.15, 0.2) is 54.6 Å². The van der Waals surface area contributed by atoms with Crippen LogP contribution in [0.2, 0.25) is 0 Å². The zero-order chi connectivity index (χ0) is 21.7. The lowest BCUT2D eigenvalue weighted by Gasteiger charge is -2.37. The van der Waals surface area contributed by atoms with E-state index in [1.54, 1.807) is 29.2 Å². The Labute approximate surface area is 178 Å². The van der Waals surface area contributed by atoms with Crippen LogP contribution in [-0.4, -0.2) is 64.3 Å². The molecule has 1 saturated heterocycles. The Morgan fingerprint density at radius 2 is 1.60 bits per heavy atom. The van der Waals surface area contributed by atoms with E-state index in [2.05, 4.69) is 17.0 Å². The zero-order valence-corrected chi connectivity index (χ0v) is 18.5. The van der Waals surface area contributed by atoms with Crippen LogP contribution in [-0.2, 0) is 14.8 Å². The van der Waals surface area contributed by atoms with Crippen LogP contribution < -0.4 is 13.9 Å². The molecule has 1 aliphatic rings. The highest BCUT2D eigenvalue weighted by Crippen LogP contribution is 2.23. The average Bonchev–Trinajstić information content (AvgIpc) is 2.72. The molecular weight excluding hydrogens is 402 g/mol. The van der Waals surface area contributed by atoms with Gasteiger partial charge in [-0.1, -0.05) is 18.2 Å². The fourth-order valence-electron chi connectivity index (χ4n) is 3.44. The largest absolute Gasteiger partial charge is 0.491 e. The number of hydrogen-bond donors (Lipinski definition) is 0. The molecule has 0 saturated carbocycles. The lowest BCUT2D eigenvalue weighted by molar-refractivity contribution is -0.129. The monoisotopic (exact) mass is 431 g/mol. The van der Waals surface area contributed by atoms with Crippen LogP contribution in [0.5, 0.6) is 5.75 Å². The van der Waals surface area contributed by atoms with E-state index in [-0.39, 0.29) is 18.6 Å². The van der Waals surface area contributed by atoms with Crippen LogP contribution in [0.4, 0.5) is 11.4 Å². The number of anilines is 2. The van der Waals surface area contributed by atoms with Gasteiger partial charge in [-0.05, 0) is 50.2 Å². The average molecular weight is 432 g/mol. The first-order chi connectivity index (χ1) is 14.2. The third-order valence-electron chi connectivity index (χ3n) is 4.93. The second kappa shape index (κ2) is 9.38. The van der Waals surface area contributed by atoms with E-state index in [4.69, 9.17) is 4.74 Å². The minimum Gasteiger partial charge on any atom is -0.491 e. The molecule has 0 unspecified atom stereocenters. The summed E-state index contributed by atoms with van der Waals surface area (Å²) in [6.45, 7) is 6.19. The zero-order valence-electron chi connectivity index (χ0n) is 17.7. The molecule has 3 rings (SSSR count). The molecule has 162 valence electrons. The Hall–Kier alpha value is -2.74. The number of carbonyl (C=O) groups excluding carboxylic acids is 1. The van der Waals surface area contributed by atoms with Gasteiger partial charge in [-0.25, -0.2) is 8.42 Å². The van der Waals surface area contributed by atoms with E-state index >= 15 is 0 Å². The summed E-state index contributed by atoms with van der Waals surface area (Å²) in [5, 5.41) is 0. The van der Waals surface area contributed by atoms with Gasteiger partial charge in [0, 0.05) is 31.9 Å². The molecule has 1 aliphatic heterocycles. The molecule has 7 nitrogen and oxygen atoms in total. The third-order valence-corrected chi connectivity index (χ3v) is 6.07. The van der Waals surface area contributed by atoms with Crippen LogP contribution in [0.1, 0.15) is 13.8 Å². The highest BCUT2D eigenvalue weighted by molar-refractivity contribution is 7.92. The maximum absolute atomic E-state index is 12.9. The van der Waals surface area contributed by atoms with Crippen molar-refractivity contribution < 1.29 is 17.9 Å². The van der Waals surface area contributed by atoms with Gasteiger partial charge >= 0.3 is 0 Å². The topological polar surface area (TPSA) is 70.2 Å². The van der Waals surface area contributed by atoms with Crippen molar-refractivity contribution in [1.29, 1.82) is 0 Å². The molecular formula is C22H29N3O4S. The Kier molecular flexibility index (Phi) is 6.87.